The number of carboxylic acid groups (broad SMARTS) is 1. The highest BCUT2D eigenvalue weighted by molar-refractivity contribution is 5.82. The molecule has 0 amide bonds. The van der Waals surface area contributed by atoms with Gasteiger partial charge < -0.3 is 9.84 Å². The molecule has 1 N–H and O–H groups in total. The van der Waals surface area contributed by atoms with Gasteiger partial charge in [0.1, 0.15) is 0 Å². The molecule has 0 aliphatic carbocycles. The fourth-order valence-corrected chi connectivity index (χ4v) is 3.31. The van der Waals surface area contributed by atoms with Crippen LogP contribution < -0.4 is 0 Å². The third-order valence-electron chi connectivity index (χ3n) is 4.96. The fraction of sp³-hybridized carbons (Fsp3) is 0.750. The number of carboxylic acids is 1. The number of esters is 1. The van der Waals surface area contributed by atoms with Crippen molar-refractivity contribution in [3.63, 3.8) is 0 Å². The van der Waals surface area contributed by atoms with Gasteiger partial charge in [-0.3, -0.25) is 4.79 Å². The predicted octanol–water partition coefficient (Wildman–Crippen LogP) is 7.34. The van der Waals surface area contributed by atoms with Crippen molar-refractivity contribution in [2.24, 2.45) is 0 Å². The van der Waals surface area contributed by atoms with Crippen molar-refractivity contribution in [1.82, 2.24) is 0 Å². The Balaban J connectivity index is 3.11. The zero-order valence-electron chi connectivity index (χ0n) is 17.8. The molecule has 0 aromatic heterocycles. The van der Waals surface area contributed by atoms with Crippen molar-refractivity contribution >= 4 is 11.9 Å². The summed E-state index contributed by atoms with van der Waals surface area (Å²) in [5.74, 6) is -1.01. The molecule has 28 heavy (non-hydrogen) atoms. The van der Waals surface area contributed by atoms with Crippen molar-refractivity contribution in [3.8, 4) is 0 Å². The smallest absolute Gasteiger partial charge is 0.335 e. The van der Waals surface area contributed by atoms with Crippen LogP contribution in [0.2, 0.25) is 0 Å². The van der Waals surface area contributed by atoms with Gasteiger partial charge in [0.25, 0.3) is 0 Å². The Morgan fingerprint density at radius 3 is 1.46 bits per heavy atom. The lowest BCUT2D eigenvalue weighted by molar-refractivity contribution is -0.137. The van der Waals surface area contributed by atoms with Crippen LogP contribution in [0.25, 0.3) is 0 Å². The van der Waals surface area contributed by atoms with Gasteiger partial charge in [-0.15, -0.1) is 0 Å². The number of carbonyl (C=O) groups excluding carboxylic acids is 1. The Morgan fingerprint density at radius 2 is 1.07 bits per heavy atom. The maximum Gasteiger partial charge on any atom is 0.335 e. The molecule has 0 saturated heterocycles. The summed E-state index contributed by atoms with van der Waals surface area (Å²) in [4.78, 5) is 21.4. The summed E-state index contributed by atoms with van der Waals surface area (Å²) in [5, 5.41) is 8.57. The molecule has 0 fully saturated rings. The second kappa shape index (κ2) is 21.7. The summed E-state index contributed by atoms with van der Waals surface area (Å²) >= 11 is 0. The van der Waals surface area contributed by atoms with E-state index in [1.807, 2.05) is 6.08 Å². The number of carbonyl (C=O) groups is 2. The zero-order chi connectivity index (χ0) is 20.7. The molecular weight excluding hydrogens is 352 g/mol. The topological polar surface area (TPSA) is 63.6 Å². The third kappa shape index (κ3) is 22.5. The van der Waals surface area contributed by atoms with E-state index >= 15 is 0 Å². The van der Waals surface area contributed by atoms with Crippen LogP contribution in [0.5, 0.6) is 0 Å². The molecule has 162 valence electrons. The predicted molar refractivity (Wildman–Crippen MR) is 116 cm³/mol. The van der Waals surface area contributed by atoms with Crippen LogP contribution in [-0.2, 0) is 14.3 Å². The lowest BCUT2D eigenvalue weighted by Crippen LogP contribution is -1.93. The van der Waals surface area contributed by atoms with E-state index in [2.05, 4.69) is 11.3 Å². The first kappa shape index (κ1) is 26.4. The second-order valence-corrected chi connectivity index (χ2v) is 7.60. The molecule has 0 aliphatic rings. The largest absolute Gasteiger partial charge is 0.481 e. The molecule has 0 unspecified atom stereocenters. The normalized spacial score (nSPS) is 11.0. The fourth-order valence-electron chi connectivity index (χ4n) is 3.31. The van der Waals surface area contributed by atoms with Crippen molar-refractivity contribution in [1.29, 1.82) is 0 Å². The molecule has 0 aliphatic heterocycles. The Labute approximate surface area is 172 Å². The molecule has 0 aromatic carbocycles. The van der Waals surface area contributed by atoms with Crippen LogP contribution >= 0.6 is 0 Å². The van der Waals surface area contributed by atoms with E-state index in [0.717, 1.165) is 31.9 Å². The van der Waals surface area contributed by atoms with Gasteiger partial charge in [-0.05, 0) is 19.3 Å². The van der Waals surface area contributed by atoms with Crippen molar-refractivity contribution in [2.75, 3.05) is 0 Å². The van der Waals surface area contributed by atoms with E-state index in [4.69, 9.17) is 5.11 Å². The standard InChI is InChI=1S/C24H42O4/c1-2-28-24(27)22-20-18-16-14-12-10-8-6-4-3-5-7-9-11-13-15-17-19-21-23(25)26/h2,20,22H,1,3-19,21H2,(H,25,26). The summed E-state index contributed by atoms with van der Waals surface area (Å²) in [6, 6.07) is 0. The zero-order valence-corrected chi connectivity index (χ0v) is 17.8. The van der Waals surface area contributed by atoms with Crippen LogP contribution in [0.3, 0.4) is 0 Å². The summed E-state index contributed by atoms with van der Waals surface area (Å²) in [6.07, 6.45) is 25.9. The van der Waals surface area contributed by atoms with Crippen molar-refractivity contribution < 1.29 is 19.4 Å². The second-order valence-electron chi connectivity index (χ2n) is 7.60. The number of aliphatic carboxylic acids is 1. The summed E-state index contributed by atoms with van der Waals surface area (Å²) in [6.45, 7) is 3.35. The molecule has 0 atom stereocenters. The first-order chi connectivity index (χ1) is 13.7. The summed E-state index contributed by atoms with van der Waals surface area (Å²) in [5.41, 5.74) is 0. The minimum atomic E-state index is -0.669. The Morgan fingerprint density at radius 1 is 0.679 bits per heavy atom. The van der Waals surface area contributed by atoms with Gasteiger partial charge in [-0.25, -0.2) is 4.79 Å². The number of hydrogen-bond acceptors (Lipinski definition) is 3. The SMILES string of the molecule is C=COC(=O)C=CCCCCCCCCCCCCCCCCCCC(=O)O. The van der Waals surface area contributed by atoms with E-state index in [-0.39, 0.29) is 5.97 Å². The molecule has 0 rings (SSSR count). The van der Waals surface area contributed by atoms with Crippen LogP contribution in [0, 0.1) is 0 Å². The van der Waals surface area contributed by atoms with Gasteiger partial charge in [-0.1, -0.05) is 103 Å². The summed E-state index contributed by atoms with van der Waals surface area (Å²) in [7, 11) is 0. The van der Waals surface area contributed by atoms with Crippen molar-refractivity contribution in [3.05, 3.63) is 25.0 Å². The molecular formula is C24H42O4. The maximum absolute atomic E-state index is 11.0. The maximum atomic E-state index is 11.0. The molecule has 0 aromatic rings. The first-order valence-electron chi connectivity index (χ1n) is 11.4. The molecule has 0 saturated carbocycles. The number of unbranched alkanes of at least 4 members (excludes halogenated alkanes) is 16. The molecule has 0 spiro atoms. The van der Waals surface area contributed by atoms with Crippen LogP contribution in [-0.4, -0.2) is 17.0 Å². The van der Waals surface area contributed by atoms with Crippen LogP contribution in [0.4, 0.5) is 0 Å². The average molecular weight is 395 g/mol. The number of rotatable bonds is 21. The molecule has 0 radical (unpaired) electrons. The third-order valence-corrected chi connectivity index (χ3v) is 4.96. The molecule has 4 nitrogen and oxygen atoms in total. The van der Waals surface area contributed by atoms with Crippen LogP contribution in [0.1, 0.15) is 116 Å². The van der Waals surface area contributed by atoms with Gasteiger partial charge in [0, 0.05) is 12.5 Å². The van der Waals surface area contributed by atoms with Crippen molar-refractivity contribution in [2.45, 2.75) is 116 Å². The Kier molecular flexibility index (Phi) is 20.5. The minimum Gasteiger partial charge on any atom is -0.481 e. The van der Waals surface area contributed by atoms with Gasteiger partial charge in [-0.2, -0.15) is 0 Å². The lowest BCUT2D eigenvalue weighted by Gasteiger charge is -2.03. The molecule has 0 heterocycles. The lowest BCUT2D eigenvalue weighted by atomic mass is 10.0. The highest BCUT2D eigenvalue weighted by Gasteiger charge is 1.97. The van der Waals surface area contributed by atoms with E-state index in [1.54, 1.807) is 0 Å². The molecule has 4 heteroatoms. The van der Waals surface area contributed by atoms with E-state index in [1.165, 1.54) is 89.5 Å². The highest BCUT2D eigenvalue weighted by Crippen LogP contribution is 2.14. The molecule has 0 bridgehead atoms. The minimum absolute atomic E-state index is 0.325. The van der Waals surface area contributed by atoms with E-state index in [9.17, 15) is 9.59 Å². The highest BCUT2D eigenvalue weighted by atomic mass is 16.5. The Hall–Kier alpha value is -1.58. The van der Waals surface area contributed by atoms with Gasteiger partial charge in [0.2, 0.25) is 0 Å². The van der Waals surface area contributed by atoms with Crippen LogP contribution in [0.15, 0.2) is 25.0 Å². The quantitative estimate of drug-likeness (QED) is 0.0957. The number of allylic oxidation sites excluding steroid dienone is 1. The number of hydrogen-bond donors (Lipinski definition) is 1. The number of ether oxygens (including phenoxy) is 1. The van der Waals surface area contributed by atoms with Gasteiger partial charge >= 0.3 is 11.9 Å². The van der Waals surface area contributed by atoms with Gasteiger partial charge in [0.05, 0.1) is 6.26 Å². The van der Waals surface area contributed by atoms with E-state index in [0.29, 0.717) is 6.42 Å². The first-order valence-corrected chi connectivity index (χ1v) is 11.4. The van der Waals surface area contributed by atoms with E-state index < -0.39 is 5.97 Å². The monoisotopic (exact) mass is 394 g/mol. The average Bonchev–Trinajstić information content (AvgIpc) is 2.66. The summed E-state index contributed by atoms with van der Waals surface area (Å²) < 4.78 is 4.61. The van der Waals surface area contributed by atoms with Gasteiger partial charge in [0.15, 0.2) is 0 Å². The Bertz CT molecular complexity index is 415.